The number of nitrogens with two attached hydrogens (primary N) is 1. The second kappa shape index (κ2) is 5.05. The number of guanidine groups is 1. The Morgan fingerprint density at radius 1 is 1.64 bits per heavy atom. The summed E-state index contributed by atoms with van der Waals surface area (Å²) in [7, 11) is 1.47. The summed E-state index contributed by atoms with van der Waals surface area (Å²) < 4.78 is 0. The van der Waals surface area contributed by atoms with Crippen molar-refractivity contribution in [3.8, 4) is 0 Å². The zero-order valence-electron chi connectivity index (χ0n) is 8.07. The van der Waals surface area contributed by atoms with E-state index >= 15 is 0 Å². The van der Waals surface area contributed by atoms with Crippen molar-refractivity contribution in [2.45, 2.75) is 13.0 Å². The standard InChI is InChI=1S/C7H14N4O3/c1-4(6(13)14)10-5(12)3-11(2)7(8)9/h4H,3H2,1-2H3,(H3,8,9)(H,10,12)(H,13,14)/t4-/m0/s1. The number of carbonyl (C=O) groups is 2. The quantitative estimate of drug-likeness (QED) is 0.323. The second-order valence-corrected chi connectivity index (χ2v) is 2.87. The largest absolute Gasteiger partial charge is 0.480 e. The summed E-state index contributed by atoms with van der Waals surface area (Å²) in [5.41, 5.74) is 5.09. The van der Waals surface area contributed by atoms with E-state index in [0.29, 0.717) is 0 Å². The molecular formula is C7H14N4O3. The van der Waals surface area contributed by atoms with Gasteiger partial charge < -0.3 is 21.1 Å². The molecule has 0 saturated carbocycles. The fourth-order valence-corrected chi connectivity index (χ4v) is 0.649. The van der Waals surface area contributed by atoms with Crippen molar-refractivity contribution in [3.63, 3.8) is 0 Å². The Balaban J connectivity index is 3.99. The maximum Gasteiger partial charge on any atom is 0.325 e. The lowest BCUT2D eigenvalue weighted by atomic mass is 10.3. The van der Waals surface area contributed by atoms with E-state index in [4.69, 9.17) is 16.2 Å². The highest BCUT2D eigenvalue weighted by molar-refractivity contribution is 5.87. The number of hydrogen-bond acceptors (Lipinski definition) is 3. The highest BCUT2D eigenvalue weighted by Crippen LogP contribution is 1.84. The molecule has 0 aromatic carbocycles. The van der Waals surface area contributed by atoms with Crippen molar-refractivity contribution < 1.29 is 14.7 Å². The third kappa shape index (κ3) is 4.29. The summed E-state index contributed by atoms with van der Waals surface area (Å²) in [5, 5.41) is 17.7. The Hall–Kier alpha value is -1.79. The maximum absolute atomic E-state index is 11.1. The van der Waals surface area contributed by atoms with Gasteiger partial charge in [-0.05, 0) is 6.92 Å². The van der Waals surface area contributed by atoms with Gasteiger partial charge in [-0.1, -0.05) is 0 Å². The highest BCUT2D eigenvalue weighted by atomic mass is 16.4. The topological polar surface area (TPSA) is 120 Å². The van der Waals surface area contributed by atoms with Gasteiger partial charge in [0, 0.05) is 7.05 Å². The minimum Gasteiger partial charge on any atom is -0.480 e. The monoisotopic (exact) mass is 202 g/mol. The van der Waals surface area contributed by atoms with Gasteiger partial charge in [-0.15, -0.1) is 0 Å². The van der Waals surface area contributed by atoms with Gasteiger partial charge in [0.2, 0.25) is 5.91 Å². The molecule has 0 rings (SSSR count). The number of amides is 1. The molecular weight excluding hydrogens is 188 g/mol. The van der Waals surface area contributed by atoms with Crippen molar-refractivity contribution in [3.05, 3.63) is 0 Å². The molecule has 0 bridgehead atoms. The molecule has 1 atom stereocenters. The number of hydrogen-bond donors (Lipinski definition) is 4. The van der Waals surface area contributed by atoms with Crippen molar-refractivity contribution in [1.82, 2.24) is 10.2 Å². The Kier molecular flexibility index (Phi) is 4.41. The van der Waals surface area contributed by atoms with E-state index in [1.54, 1.807) is 0 Å². The van der Waals surface area contributed by atoms with Gasteiger partial charge in [0.05, 0.1) is 6.54 Å². The van der Waals surface area contributed by atoms with Crippen molar-refractivity contribution in [1.29, 1.82) is 5.41 Å². The highest BCUT2D eigenvalue weighted by Gasteiger charge is 2.15. The molecule has 0 aliphatic rings. The Morgan fingerprint density at radius 3 is 2.50 bits per heavy atom. The van der Waals surface area contributed by atoms with Gasteiger partial charge >= 0.3 is 5.97 Å². The molecule has 14 heavy (non-hydrogen) atoms. The number of carbonyl (C=O) groups excluding carboxylic acids is 1. The van der Waals surface area contributed by atoms with Crippen LogP contribution in [0, 0.1) is 5.41 Å². The minimum atomic E-state index is -1.11. The van der Waals surface area contributed by atoms with E-state index in [0.717, 1.165) is 0 Å². The van der Waals surface area contributed by atoms with Crippen LogP contribution in [-0.4, -0.2) is 47.5 Å². The zero-order chi connectivity index (χ0) is 11.3. The van der Waals surface area contributed by atoms with Gasteiger partial charge in [0.25, 0.3) is 0 Å². The van der Waals surface area contributed by atoms with Crippen molar-refractivity contribution in [2.75, 3.05) is 13.6 Å². The molecule has 0 fully saturated rings. The van der Waals surface area contributed by atoms with Crippen molar-refractivity contribution in [2.24, 2.45) is 5.73 Å². The predicted molar refractivity (Wildman–Crippen MR) is 49.8 cm³/mol. The van der Waals surface area contributed by atoms with Crippen LogP contribution in [0.5, 0.6) is 0 Å². The molecule has 80 valence electrons. The van der Waals surface area contributed by atoms with Crippen LogP contribution in [0.15, 0.2) is 0 Å². The fraction of sp³-hybridized carbons (Fsp3) is 0.571. The van der Waals surface area contributed by atoms with E-state index in [-0.39, 0.29) is 12.5 Å². The molecule has 0 unspecified atom stereocenters. The first-order valence-corrected chi connectivity index (χ1v) is 3.92. The Bertz CT molecular complexity index is 229. The van der Waals surface area contributed by atoms with E-state index in [2.05, 4.69) is 5.32 Å². The van der Waals surface area contributed by atoms with E-state index < -0.39 is 17.9 Å². The van der Waals surface area contributed by atoms with Crippen LogP contribution in [0.25, 0.3) is 0 Å². The molecule has 5 N–H and O–H groups in total. The van der Waals surface area contributed by atoms with E-state index in [9.17, 15) is 9.59 Å². The third-order valence-corrected chi connectivity index (χ3v) is 1.54. The van der Waals surface area contributed by atoms with E-state index in [1.165, 1.54) is 18.9 Å². The lowest BCUT2D eigenvalue weighted by Crippen LogP contribution is -2.45. The van der Waals surface area contributed by atoms with Crippen LogP contribution in [0.4, 0.5) is 0 Å². The van der Waals surface area contributed by atoms with Gasteiger partial charge in [-0.3, -0.25) is 15.0 Å². The molecule has 0 spiro atoms. The van der Waals surface area contributed by atoms with Gasteiger partial charge in [0.15, 0.2) is 5.96 Å². The van der Waals surface area contributed by atoms with Crippen LogP contribution < -0.4 is 11.1 Å². The summed E-state index contributed by atoms with van der Waals surface area (Å²) in [6.45, 7) is 1.22. The lowest BCUT2D eigenvalue weighted by Gasteiger charge is -2.17. The van der Waals surface area contributed by atoms with Gasteiger partial charge in [-0.25, -0.2) is 0 Å². The van der Waals surface area contributed by atoms with Gasteiger partial charge in [-0.2, -0.15) is 0 Å². The molecule has 0 heterocycles. The normalized spacial score (nSPS) is 11.6. The predicted octanol–water partition coefficient (Wildman–Crippen LogP) is -1.60. The molecule has 0 saturated heterocycles. The van der Waals surface area contributed by atoms with Crippen LogP contribution in [0.3, 0.4) is 0 Å². The van der Waals surface area contributed by atoms with Crippen LogP contribution >= 0.6 is 0 Å². The smallest absolute Gasteiger partial charge is 0.325 e. The summed E-state index contributed by atoms with van der Waals surface area (Å²) in [6.07, 6.45) is 0. The first kappa shape index (κ1) is 12.2. The molecule has 0 aliphatic carbocycles. The van der Waals surface area contributed by atoms with Gasteiger partial charge in [0.1, 0.15) is 6.04 Å². The number of carboxylic acids is 1. The number of likely N-dealkylation sites (N-methyl/N-ethyl adjacent to an activating group) is 1. The molecule has 0 aromatic rings. The lowest BCUT2D eigenvalue weighted by molar-refractivity contribution is -0.141. The number of nitrogens with zero attached hydrogens (tertiary/aromatic N) is 1. The van der Waals surface area contributed by atoms with Crippen molar-refractivity contribution >= 4 is 17.8 Å². The first-order chi connectivity index (χ1) is 6.34. The SMILES string of the molecule is C[C@H](NC(=O)CN(C)C(=N)N)C(=O)O. The summed E-state index contributed by atoms with van der Waals surface area (Å²) in [6, 6.07) is -0.942. The molecule has 0 aliphatic heterocycles. The number of rotatable bonds is 4. The average Bonchev–Trinajstić information content (AvgIpc) is 2.03. The summed E-state index contributed by atoms with van der Waals surface area (Å²) in [4.78, 5) is 22.7. The average molecular weight is 202 g/mol. The molecule has 7 nitrogen and oxygen atoms in total. The third-order valence-electron chi connectivity index (χ3n) is 1.54. The molecule has 1 amide bonds. The number of carboxylic acid groups (broad SMARTS) is 1. The minimum absolute atomic E-state index is 0.132. The molecule has 7 heteroatoms. The van der Waals surface area contributed by atoms with Crippen LogP contribution in [0.2, 0.25) is 0 Å². The number of nitrogens with one attached hydrogen (secondary N) is 2. The Labute approximate surface area is 81.4 Å². The summed E-state index contributed by atoms with van der Waals surface area (Å²) in [5.74, 6) is -1.84. The van der Waals surface area contributed by atoms with E-state index in [1.807, 2.05) is 0 Å². The maximum atomic E-state index is 11.1. The first-order valence-electron chi connectivity index (χ1n) is 3.92. The molecule has 0 aromatic heterocycles. The number of aliphatic carboxylic acids is 1. The molecule has 0 radical (unpaired) electrons. The fourth-order valence-electron chi connectivity index (χ4n) is 0.649. The zero-order valence-corrected chi connectivity index (χ0v) is 8.07. The second-order valence-electron chi connectivity index (χ2n) is 2.87. The Morgan fingerprint density at radius 2 is 2.14 bits per heavy atom. The summed E-state index contributed by atoms with van der Waals surface area (Å²) >= 11 is 0. The van der Waals surface area contributed by atoms with Crippen LogP contribution in [-0.2, 0) is 9.59 Å². The van der Waals surface area contributed by atoms with Crippen LogP contribution in [0.1, 0.15) is 6.92 Å².